The van der Waals surface area contributed by atoms with E-state index in [4.69, 9.17) is 0 Å². The molecule has 1 aliphatic heterocycles. The van der Waals surface area contributed by atoms with E-state index in [2.05, 4.69) is 68.1 Å². The summed E-state index contributed by atoms with van der Waals surface area (Å²) in [5.74, 6) is 0.527. The molecular formula is C23H32N6O. The zero-order valence-corrected chi connectivity index (χ0v) is 17.8. The van der Waals surface area contributed by atoms with Crippen LogP contribution in [0.2, 0.25) is 0 Å². The summed E-state index contributed by atoms with van der Waals surface area (Å²) in [6.45, 7) is 7.14. The van der Waals surface area contributed by atoms with Crippen molar-refractivity contribution in [1.29, 1.82) is 0 Å². The molecule has 160 valence electrons. The number of nitrogens with zero attached hydrogens (tertiary/aromatic N) is 3. The summed E-state index contributed by atoms with van der Waals surface area (Å²) in [5.41, 5.74) is 2.03. The van der Waals surface area contributed by atoms with E-state index in [-0.39, 0.29) is 12.5 Å². The van der Waals surface area contributed by atoms with Crippen LogP contribution in [0, 0.1) is 0 Å². The monoisotopic (exact) mass is 408 g/mol. The van der Waals surface area contributed by atoms with Gasteiger partial charge in [-0.2, -0.15) is 0 Å². The number of amides is 1. The number of likely N-dealkylation sites (tertiary alicyclic amines) is 1. The van der Waals surface area contributed by atoms with Gasteiger partial charge >= 0.3 is 0 Å². The van der Waals surface area contributed by atoms with E-state index in [0.29, 0.717) is 23.7 Å². The molecule has 1 amide bonds. The van der Waals surface area contributed by atoms with Gasteiger partial charge in [0, 0.05) is 37.9 Å². The van der Waals surface area contributed by atoms with Crippen LogP contribution in [-0.2, 0) is 11.3 Å². The quantitative estimate of drug-likeness (QED) is 0.485. The molecule has 7 nitrogen and oxygen atoms in total. The number of anilines is 1. The van der Waals surface area contributed by atoms with Crippen molar-refractivity contribution in [3.63, 3.8) is 0 Å². The van der Waals surface area contributed by atoms with Crippen LogP contribution >= 0.6 is 0 Å². The lowest BCUT2D eigenvalue weighted by Crippen LogP contribution is -2.51. The Morgan fingerprint density at radius 3 is 2.77 bits per heavy atom. The highest BCUT2D eigenvalue weighted by Crippen LogP contribution is 2.19. The predicted octanol–water partition coefficient (Wildman–Crippen LogP) is 2.63. The molecule has 0 saturated carbocycles. The van der Waals surface area contributed by atoms with E-state index >= 15 is 0 Å². The lowest BCUT2D eigenvalue weighted by atomic mass is 9.97. The fourth-order valence-corrected chi connectivity index (χ4v) is 3.71. The standard InChI is InChI=1S/C23H32N6O/c1-3-25-23(26-16-22(30)27-21-10-7-12-24-15-21)28-20-11-13-29(18(2)14-20)17-19-8-5-4-6-9-19/h4-10,12,15,18,20H,3,11,13-14,16-17H2,1-2H3,(H,27,30)(H2,25,26,28). The molecule has 3 rings (SSSR count). The molecule has 0 bridgehead atoms. The third-order valence-electron chi connectivity index (χ3n) is 5.25. The van der Waals surface area contributed by atoms with Crippen molar-refractivity contribution in [2.75, 3.05) is 25.0 Å². The Balaban J connectivity index is 1.50. The van der Waals surface area contributed by atoms with Crippen LogP contribution in [0.25, 0.3) is 0 Å². The number of hydrogen-bond acceptors (Lipinski definition) is 4. The number of aliphatic imine (C=N–C) groups is 1. The molecule has 1 aliphatic rings. The van der Waals surface area contributed by atoms with E-state index in [1.54, 1.807) is 18.5 Å². The molecule has 0 aliphatic carbocycles. The maximum Gasteiger partial charge on any atom is 0.246 e. The van der Waals surface area contributed by atoms with Crippen LogP contribution in [0.3, 0.4) is 0 Å². The Morgan fingerprint density at radius 1 is 1.23 bits per heavy atom. The molecule has 30 heavy (non-hydrogen) atoms. The topological polar surface area (TPSA) is 81.6 Å². The van der Waals surface area contributed by atoms with E-state index < -0.39 is 0 Å². The van der Waals surface area contributed by atoms with Gasteiger partial charge in [0.15, 0.2) is 5.96 Å². The molecule has 1 fully saturated rings. The predicted molar refractivity (Wildman–Crippen MR) is 121 cm³/mol. The van der Waals surface area contributed by atoms with Crippen molar-refractivity contribution in [1.82, 2.24) is 20.5 Å². The zero-order chi connectivity index (χ0) is 21.2. The van der Waals surface area contributed by atoms with Crippen molar-refractivity contribution in [2.45, 2.75) is 45.3 Å². The number of piperidine rings is 1. The van der Waals surface area contributed by atoms with Gasteiger partial charge in [0.25, 0.3) is 0 Å². The number of benzene rings is 1. The van der Waals surface area contributed by atoms with Gasteiger partial charge in [-0.05, 0) is 44.4 Å². The molecular weight excluding hydrogens is 376 g/mol. The minimum atomic E-state index is -0.161. The van der Waals surface area contributed by atoms with Gasteiger partial charge in [-0.1, -0.05) is 30.3 Å². The van der Waals surface area contributed by atoms with Gasteiger partial charge in [0.05, 0.1) is 11.9 Å². The summed E-state index contributed by atoms with van der Waals surface area (Å²) in [6, 6.07) is 15.0. The highest BCUT2D eigenvalue weighted by molar-refractivity contribution is 5.93. The molecule has 1 aromatic carbocycles. The first kappa shape index (κ1) is 21.8. The molecule has 0 spiro atoms. The number of rotatable bonds is 7. The number of carbonyl (C=O) groups excluding carboxylic acids is 1. The number of hydrogen-bond donors (Lipinski definition) is 3. The average molecular weight is 409 g/mol. The van der Waals surface area contributed by atoms with Crippen LogP contribution < -0.4 is 16.0 Å². The maximum absolute atomic E-state index is 12.2. The summed E-state index contributed by atoms with van der Waals surface area (Å²) < 4.78 is 0. The Kier molecular flexibility index (Phi) is 8.20. The van der Waals surface area contributed by atoms with Gasteiger partial charge in [-0.3, -0.25) is 14.7 Å². The van der Waals surface area contributed by atoms with Gasteiger partial charge in [-0.15, -0.1) is 0 Å². The molecule has 0 radical (unpaired) electrons. The van der Waals surface area contributed by atoms with Gasteiger partial charge in [0.2, 0.25) is 5.91 Å². The summed E-state index contributed by atoms with van der Waals surface area (Å²) in [7, 11) is 0. The molecule has 1 aromatic heterocycles. The molecule has 2 unspecified atom stereocenters. The second-order valence-corrected chi connectivity index (χ2v) is 7.66. The van der Waals surface area contributed by atoms with Crippen LogP contribution in [0.1, 0.15) is 32.3 Å². The minimum Gasteiger partial charge on any atom is -0.357 e. The van der Waals surface area contributed by atoms with Crippen molar-refractivity contribution >= 4 is 17.6 Å². The normalized spacial score (nSPS) is 19.9. The molecule has 3 N–H and O–H groups in total. The SMILES string of the molecule is CCNC(=NCC(=O)Nc1cccnc1)NC1CCN(Cc2ccccc2)C(C)C1. The average Bonchev–Trinajstić information content (AvgIpc) is 2.76. The second kappa shape index (κ2) is 11.3. The van der Waals surface area contributed by atoms with Crippen molar-refractivity contribution in [3.05, 3.63) is 60.4 Å². The smallest absolute Gasteiger partial charge is 0.246 e. The van der Waals surface area contributed by atoms with Gasteiger partial charge < -0.3 is 16.0 Å². The highest BCUT2D eigenvalue weighted by Gasteiger charge is 2.26. The van der Waals surface area contributed by atoms with Crippen molar-refractivity contribution < 1.29 is 4.79 Å². The third kappa shape index (κ3) is 6.84. The minimum absolute atomic E-state index is 0.0621. The Bertz CT molecular complexity index is 811. The summed E-state index contributed by atoms with van der Waals surface area (Å²) in [5, 5.41) is 9.57. The zero-order valence-electron chi connectivity index (χ0n) is 17.8. The largest absolute Gasteiger partial charge is 0.357 e. The number of guanidine groups is 1. The third-order valence-corrected chi connectivity index (χ3v) is 5.25. The molecule has 7 heteroatoms. The highest BCUT2D eigenvalue weighted by atomic mass is 16.1. The van der Waals surface area contributed by atoms with Crippen molar-refractivity contribution in [2.24, 2.45) is 4.99 Å². The Labute approximate surface area is 179 Å². The molecule has 2 atom stereocenters. The second-order valence-electron chi connectivity index (χ2n) is 7.66. The molecule has 1 saturated heterocycles. The summed E-state index contributed by atoms with van der Waals surface area (Å²) >= 11 is 0. The Hall–Kier alpha value is -2.93. The fraction of sp³-hybridized carbons (Fsp3) is 0.435. The van der Waals surface area contributed by atoms with E-state index in [9.17, 15) is 4.79 Å². The number of aromatic nitrogens is 1. The van der Waals surface area contributed by atoms with Gasteiger partial charge in [0.1, 0.15) is 6.54 Å². The van der Waals surface area contributed by atoms with E-state index in [1.807, 2.05) is 13.0 Å². The lowest BCUT2D eigenvalue weighted by molar-refractivity contribution is -0.114. The van der Waals surface area contributed by atoms with Crippen LogP contribution in [-0.4, -0.2) is 53.5 Å². The van der Waals surface area contributed by atoms with Crippen LogP contribution in [0.4, 0.5) is 5.69 Å². The number of nitrogens with one attached hydrogen (secondary N) is 3. The van der Waals surface area contributed by atoms with Crippen LogP contribution in [0.15, 0.2) is 59.9 Å². The van der Waals surface area contributed by atoms with Crippen LogP contribution in [0.5, 0.6) is 0 Å². The first-order chi connectivity index (χ1) is 14.6. The Morgan fingerprint density at radius 2 is 2.07 bits per heavy atom. The maximum atomic E-state index is 12.2. The molecule has 2 heterocycles. The summed E-state index contributed by atoms with van der Waals surface area (Å²) in [4.78, 5) is 23.2. The van der Waals surface area contributed by atoms with E-state index in [0.717, 1.165) is 32.5 Å². The van der Waals surface area contributed by atoms with Crippen molar-refractivity contribution in [3.8, 4) is 0 Å². The fourth-order valence-electron chi connectivity index (χ4n) is 3.71. The van der Waals surface area contributed by atoms with E-state index in [1.165, 1.54) is 5.56 Å². The molecule has 2 aromatic rings. The number of pyridine rings is 1. The first-order valence-corrected chi connectivity index (χ1v) is 10.7. The first-order valence-electron chi connectivity index (χ1n) is 10.7. The number of carbonyl (C=O) groups is 1. The summed E-state index contributed by atoms with van der Waals surface area (Å²) in [6.07, 6.45) is 5.38. The lowest BCUT2D eigenvalue weighted by Gasteiger charge is -2.38. The van der Waals surface area contributed by atoms with Gasteiger partial charge in [-0.25, -0.2) is 4.99 Å².